The summed E-state index contributed by atoms with van der Waals surface area (Å²) in [7, 11) is 0.283. The maximum Gasteiger partial charge on any atom is 0.329 e. The number of carbonyl (C=O) groups excluding carboxylic acids is 9. The number of hydrogen-bond acceptors (Lipinski definition) is 10. The van der Waals surface area contributed by atoms with Crippen LogP contribution in [0, 0.1) is 0 Å². The number of primary amides is 1. The summed E-state index contributed by atoms with van der Waals surface area (Å²) in [6.07, 6.45) is 4.43. The lowest BCUT2D eigenvalue weighted by Gasteiger charge is -2.39. The molecule has 3 saturated heterocycles. The minimum atomic E-state index is -4.07. The van der Waals surface area contributed by atoms with Crippen molar-refractivity contribution in [1.82, 2.24) is 45.2 Å². The molecule has 430 valence electrons. The number of fused-ring (bicyclic) bond motifs is 3. The van der Waals surface area contributed by atoms with Crippen molar-refractivity contribution in [1.29, 1.82) is 0 Å². The Morgan fingerprint density at radius 2 is 1.50 bits per heavy atom. The molecule has 3 fully saturated rings. The lowest BCUT2D eigenvalue weighted by atomic mass is 9.98. The van der Waals surface area contributed by atoms with Crippen molar-refractivity contribution in [3.8, 4) is 0 Å². The fourth-order valence-electron chi connectivity index (χ4n) is 11.4. The van der Waals surface area contributed by atoms with E-state index in [4.69, 9.17) is 5.73 Å². The number of carbonyl (C=O) groups is 9. The maximum absolute atomic E-state index is 15.1. The molecule has 0 bridgehead atoms. The number of piperidine rings is 1. The third kappa shape index (κ3) is 13.3. The van der Waals surface area contributed by atoms with Crippen molar-refractivity contribution in [2.45, 2.75) is 120 Å². The number of hydrogen-bond donors (Lipinski definition) is 8. The number of rotatable bonds is 21. The second-order valence-electron chi connectivity index (χ2n) is 21.3. The van der Waals surface area contributed by atoms with Crippen molar-refractivity contribution in [3.05, 3.63) is 142 Å². The van der Waals surface area contributed by atoms with Gasteiger partial charge in [-0.05, 0) is 104 Å². The summed E-state index contributed by atoms with van der Waals surface area (Å²) < 4.78 is 2.94. The number of imide groups is 1. The minimum absolute atomic E-state index is 0.00741. The number of benzene rings is 4. The normalized spacial score (nSPS) is 18.9. The largest absolute Gasteiger partial charge is 0.370 e. The number of nitrogens with one attached hydrogen (secondary N) is 5. The fraction of sp³-hybridized carbons (Fsp3) is 0.379. The summed E-state index contributed by atoms with van der Waals surface area (Å²) in [5.41, 5.74) is 8.45. The third-order valence-electron chi connectivity index (χ3n) is 15.7. The Morgan fingerprint density at radius 1 is 0.793 bits per heavy atom. The van der Waals surface area contributed by atoms with Gasteiger partial charge in [-0.15, -0.1) is 0 Å². The van der Waals surface area contributed by atoms with Gasteiger partial charge in [-0.1, -0.05) is 88.1 Å². The highest BCUT2D eigenvalue weighted by Gasteiger charge is 2.46. The zero-order valence-electron chi connectivity index (χ0n) is 45.2. The molecule has 24 heteroatoms. The van der Waals surface area contributed by atoms with E-state index in [0.717, 1.165) is 29.5 Å². The van der Waals surface area contributed by atoms with Crippen LogP contribution < -0.4 is 32.7 Å². The number of aromatic nitrogens is 3. The molecular formula is C58H66N10O12P2. The van der Waals surface area contributed by atoms with E-state index in [9.17, 15) is 52.9 Å². The zero-order chi connectivity index (χ0) is 58.4. The molecular weight excluding hydrogens is 1090 g/mol. The smallest absolute Gasteiger partial charge is 0.329 e. The number of aromatic amines is 1. The average molecular weight is 1160 g/mol. The molecule has 0 radical (unpaired) electrons. The van der Waals surface area contributed by atoms with Gasteiger partial charge in [-0.3, -0.25) is 57.6 Å². The monoisotopic (exact) mass is 1160 g/mol. The molecule has 82 heavy (non-hydrogen) atoms. The van der Waals surface area contributed by atoms with Crippen LogP contribution in [0.25, 0.3) is 21.9 Å². The number of H-pyrrole nitrogens is 1. The van der Waals surface area contributed by atoms with Gasteiger partial charge in [0.15, 0.2) is 0 Å². The van der Waals surface area contributed by atoms with Gasteiger partial charge in [0.2, 0.25) is 53.9 Å². The Bertz CT molecular complexity index is 3540. The Morgan fingerprint density at radius 3 is 2.18 bits per heavy atom. The Kier molecular flexibility index (Phi) is 18.2. The first-order valence-electron chi connectivity index (χ1n) is 27.5. The SMILES string of the molecule is Cn1c(=O)n(C2CCC(=O)NC2=O)c2cc(CCCCCCC(=O)N3CC[C@H]4CC[C@@H](C(=O)N[C@@H](CCC(N)=O)C(=O)NC(c5ccccc5)c5ccccc5)N4C(=O)[C@@H](NC(=O)c4cc5cc(C(=O)P(O)(O)=P)ccc5[nH]4)C3)ccc21. The van der Waals surface area contributed by atoms with Crippen LogP contribution in [-0.2, 0) is 47.0 Å². The number of nitrogens with two attached hydrogens (primary N) is 1. The maximum atomic E-state index is 15.1. The summed E-state index contributed by atoms with van der Waals surface area (Å²) in [5.74, 6) is -4.39. The van der Waals surface area contributed by atoms with Gasteiger partial charge >= 0.3 is 5.69 Å². The van der Waals surface area contributed by atoms with Crippen molar-refractivity contribution in [3.63, 3.8) is 0 Å². The van der Waals surface area contributed by atoms with Crippen LogP contribution in [0.2, 0.25) is 0 Å². The predicted molar refractivity (Wildman–Crippen MR) is 307 cm³/mol. The third-order valence-corrected chi connectivity index (χ3v) is 17.1. The molecule has 22 nitrogen and oxygen atoms in total. The predicted octanol–water partition coefficient (Wildman–Crippen LogP) is 4.37. The van der Waals surface area contributed by atoms with E-state index < -0.39 is 84.2 Å². The Labute approximate surface area is 473 Å². The molecule has 9 N–H and O–H groups in total. The summed E-state index contributed by atoms with van der Waals surface area (Å²) in [6.45, 7) is -0.0418. The Hall–Kier alpha value is -8.03. The molecule has 0 saturated carbocycles. The van der Waals surface area contributed by atoms with Crippen LogP contribution in [0.4, 0.5) is 0 Å². The highest BCUT2D eigenvalue weighted by Crippen LogP contribution is 2.45. The standard InChI is InChI=1S/C58H66N10O12P2/c1-65-44-23-18-34(30-47(44)68(58(65)78)46-25-27-49(70)63-55(46)75)12-6-2-3-11-17-50(71)66-29-28-39-20-24-45(54(74)61-41(22-26-48(59)69)52(72)64-51(35-13-7-4-8-14-35)36-15-9-5-10-16-36)67(39)56(76)43(33-66)62-53(73)42-32-38-31-37(19-21-40(38)60-42)57(77)82(79,80)81/h4-5,7-10,13-16,18-19,21,23,30-32,39,41,43,45-46,51,60,79-81H,2-3,6,11-12,17,20,22,24-29,33H2,1H3,(H2,59,69)(H,61,74)(H,62,73)(H,64,72)(H,63,70,75)/t39-,41+,43+,45+,46?/m1/s1. The number of unbranched alkanes of at least 4 members (excludes halogenated alkanes) is 3. The molecule has 1 unspecified atom stereocenters. The number of aryl methyl sites for hydroxylation is 2. The zero-order valence-corrected chi connectivity index (χ0v) is 47.1. The van der Waals surface area contributed by atoms with Crippen LogP contribution in [0.15, 0.2) is 108 Å². The topological polar surface area (TPSA) is 317 Å². The number of nitrogens with zero attached hydrogens (tertiary/aromatic N) is 4. The second-order valence-corrected chi connectivity index (χ2v) is 24.8. The summed E-state index contributed by atoms with van der Waals surface area (Å²) in [6, 6.07) is 24.2. The molecule has 3 aliphatic rings. The van der Waals surface area contributed by atoms with E-state index in [1.54, 1.807) is 11.9 Å². The lowest BCUT2D eigenvalue weighted by molar-refractivity contribution is -0.145. The van der Waals surface area contributed by atoms with E-state index in [0.29, 0.717) is 54.0 Å². The molecule has 9 rings (SSSR count). The summed E-state index contributed by atoms with van der Waals surface area (Å²) in [4.78, 5) is 161. The van der Waals surface area contributed by atoms with Crippen LogP contribution in [0.3, 0.4) is 0 Å². The van der Waals surface area contributed by atoms with Crippen LogP contribution in [0.5, 0.6) is 0 Å². The highest BCUT2D eigenvalue weighted by molar-refractivity contribution is 8.02. The summed E-state index contributed by atoms with van der Waals surface area (Å²) >= 11 is 0. The fourth-order valence-corrected chi connectivity index (χ4v) is 12.3. The van der Waals surface area contributed by atoms with Crippen molar-refractivity contribution >= 4 is 90.2 Å². The van der Waals surface area contributed by atoms with Crippen LogP contribution in [0.1, 0.15) is 127 Å². The molecule has 8 amide bonds. The van der Waals surface area contributed by atoms with E-state index >= 15 is 4.79 Å². The second kappa shape index (κ2) is 25.4. The first kappa shape index (κ1) is 58.6. The van der Waals surface area contributed by atoms with E-state index in [2.05, 4.69) is 34.8 Å². The Balaban J connectivity index is 0.891. The molecule has 4 aromatic carbocycles. The van der Waals surface area contributed by atoms with Gasteiger partial charge < -0.3 is 46.3 Å². The van der Waals surface area contributed by atoms with Crippen molar-refractivity contribution in [2.75, 3.05) is 13.1 Å². The van der Waals surface area contributed by atoms with Gasteiger partial charge in [0.05, 0.1) is 17.1 Å². The van der Waals surface area contributed by atoms with E-state index in [1.165, 1.54) is 38.3 Å². The van der Waals surface area contributed by atoms with E-state index in [-0.39, 0.29) is 80.4 Å². The quantitative estimate of drug-likeness (QED) is 0.0283. The molecule has 0 aliphatic carbocycles. The first-order valence-corrected chi connectivity index (χ1v) is 30.5. The van der Waals surface area contributed by atoms with Gasteiger partial charge in [0.25, 0.3) is 5.91 Å². The van der Waals surface area contributed by atoms with Crippen LogP contribution in [-0.4, -0.2) is 124 Å². The number of amides is 8. The van der Waals surface area contributed by atoms with Gasteiger partial charge in [-0.2, -0.15) is 0 Å². The van der Waals surface area contributed by atoms with E-state index in [1.807, 2.05) is 78.9 Å². The molecule has 5 heterocycles. The van der Waals surface area contributed by atoms with Crippen molar-refractivity contribution in [2.24, 2.45) is 12.8 Å². The highest BCUT2D eigenvalue weighted by atomic mass is 31.8. The lowest BCUT2D eigenvalue weighted by Crippen LogP contribution is -2.62. The molecule has 0 spiro atoms. The van der Waals surface area contributed by atoms with Crippen molar-refractivity contribution < 1.29 is 52.9 Å². The molecule has 5 atom stereocenters. The van der Waals surface area contributed by atoms with Gasteiger partial charge in [0.1, 0.15) is 29.9 Å². The van der Waals surface area contributed by atoms with Gasteiger partial charge in [-0.25, -0.2) is 4.79 Å². The summed E-state index contributed by atoms with van der Waals surface area (Å²) in [5, 5.41) is 11.4. The minimum Gasteiger partial charge on any atom is -0.370 e. The average Bonchev–Trinajstić information content (AvgIpc) is 4.37. The number of imidazole rings is 1. The molecule has 6 aromatic rings. The first-order chi connectivity index (χ1) is 39.2. The van der Waals surface area contributed by atoms with Crippen LogP contribution >= 0.6 is 15.5 Å². The van der Waals surface area contributed by atoms with Gasteiger partial charge in [0, 0.05) is 61.9 Å². The molecule has 2 aromatic heterocycles. The molecule has 3 aliphatic heterocycles.